The lowest BCUT2D eigenvalue weighted by atomic mass is 9.72. The predicted octanol–water partition coefficient (Wildman–Crippen LogP) is 2.26. The van der Waals surface area contributed by atoms with E-state index >= 15 is 0 Å². The first-order valence-corrected chi connectivity index (χ1v) is 7.15. The van der Waals surface area contributed by atoms with Crippen LogP contribution in [0, 0.1) is 0 Å². The van der Waals surface area contributed by atoms with Gasteiger partial charge < -0.3 is 15.2 Å². The molecular weight excluding hydrogens is 263 g/mol. The van der Waals surface area contributed by atoms with Crippen molar-refractivity contribution < 1.29 is 9.45 Å². The zero-order chi connectivity index (χ0) is 15.8. The van der Waals surface area contributed by atoms with Crippen LogP contribution in [0.4, 0.5) is 0 Å². The van der Waals surface area contributed by atoms with E-state index in [-0.39, 0.29) is 24.1 Å². The molecule has 4 nitrogen and oxygen atoms in total. The minimum absolute atomic E-state index is 0.106. The molecule has 1 aliphatic heterocycles. The third-order valence-corrected chi connectivity index (χ3v) is 4.29. The molecule has 0 aromatic rings. The summed E-state index contributed by atoms with van der Waals surface area (Å²) in [6, 6.07) is 0. The van der Waals surface area contributed by atoms with E-state index in [2.05, 4.69) is 44.8 Å². The molecule has 0 saturated carbocycles. The molecule has 1 aliphatic carbocycles. The first-order valence-electron chi connectivity index (χ1n) is 7.15. The van der Waals surface area contributed by atoms with Crippen molar-refractivity contribution >= 4 is 13.0 Å². The Morgan fingerprint density at radius 3 is 2.48 bits per heavy atom. The van der Waals surface area contributed by atoms with Crippen LogP contribution < -0.4 is 10.5 Å². The molecule has 2 N–H and O–H groups in total. The Balaban J connectivity index is 2.24. The molecule has 0 spiro atoms. The maximum Gasteiger partial charge on any atom is 0.416 e. The highest BCUT2D eigenvalue weighted by atomic mass is 16.5. The van der Waals surface area contributed by atoms with Crippen molar-refractivity contribution in [1.82, 2.24) is 10.5 Å². The Labute approximate surface area is 127 Å². The standard InChI is InChI=1S/C16H23BN2O2/c1-11-7-8-13(9-10-14(11)18-12(2)20)17-19-15(3,4)16(5,6)21-17/h7-10,19H,1H2,2-6H3,(H,18,20). The number of carbonyl (C=O) groups is 1. The third-order valence-electron chi connectivity index (χ3n) is 4.29. The summed E-state index contributed by atoms with van der Waals surface area (Å²) in [7, 11) is -0.174. The molecule has 1 fully saturated rings. The Hall–Kier alpha value is -1.59. The number of rotatable bonds is 2. The van der Waals surface area contributed by atoms with Crippen molar-refractivity contribution in [2.45, 2.75) is 45.8 Å². The van der Waals surface area contributed by atoms with Crippen LogP contribution in [-0.2, 0) is 9.45 Å². The first kappa shape index (κ1) is 15.8. The Morgan fingerprint density at radius 2 is 1.95 bits per heavy atom. The van der Waals surface area contributed by atoms with E-state index in [1.165, 1.54) is 6.92 Å². The van der Waals surface area contributed by atoms with Crippen molar-refractivity contribution in [3.8, 4) is 0 Å². The molecule has 21 heavy (non-hydrogen) atoms. The van der Waals surface area contributed by atoms with Gasteiger partial charge in [0.25, 0.3) is 0 Å². The van der Waals surface area contributed by atoms with Gasteiger partial charge in [0.1, 0.15) is 0 Å². The van der Waals surface area contributed by atoms with Gasteiger partial charge in [0, 0.05) is 18.2 Å². The predicted molar refractivity (Wildman–Crippen MR) is 86.4 cm³/mol. The number of amides is 1. The second-order valence-electron chi connectivity index (χ2n) is 6.56. The summed E-state index contributed by atoms with van der Waals surface area (Å²) >= 11 is 0. The molecule has 0 atom stereocenters. The minimum Gasteiger partial charge on any atom is -0.411 e. The lowest BCUT2D eigenvalue weighted by Gasteiger charge is -2.33. The monoisotopic (exact) mass is 286 g/mol. The lowest BCUT2D eigenvalue weighted by molar-refractivity contribution is -0.118. The van der Waals surface area contributed by atoms with Crippen molar-refractivity contribution in [3.63, 3.8) is 0 Å². The number of nitrogens with one attached hydrogen (secondary N) is 2. The second kappa shape index (κ2) is 5.32. The van der Waals surface area contributed by atoms with E-state index < -0.39 is 0 Å². The Bertz CT molecular complexity index is 555. The van der Waals surface area contributed by atoms with Crippen LogP contribution in [0.5, 0.6) is 0 Å². The van der Waals surface area contributed by atoms with Crippen LogP contribution in [-0.4, -0.2) is 24.1 Å². The molecule has 0 aromatic carbocycles. The number of hydrogen-bond donors (Lipinski definition) is 2. The smallest absolute Gasteiger partial charge is 0.411 e. The van der Waals surface area contributed by atoms with Gasteiger partial charge in [-0.05, 0) is 44.8 Å². The van der Waals surface area contributed by atoms with Crippen LogP contribution in [0.2, 0.25) is 0 Å². The van der Waals surface area contributed by atoms with Crippen molar-refractivity contribution in [1.29, 1.82) is 0 Å². The summed E-state index contributed by atoms with van der Waals surface area (Å²) < 4.78 is 6.13. The van der Waals surface area contributed by atoms with Crippen molar-refractivity contribution in [2.24, 2.45) is 0 Å². The Morgan fingerprint density at radius 1 is 1.29 bits per heavy atom. The molecule has 1 saturated heterocycles. The summed E-state index contributed by atoms with van der Waals surface area (Å²) in [6.45, 7) is 13.9. The van der Waals surface area contributed by atoms with Gasteiger partial charge in [0.05, 0.1) is 5.60 Å². The molecule has 0 bridgehead atoms. The molecule has 2 aliphatic rings. The average molecular weight is 286 g/mol. The fourth-order valence-corrected chi connectivity index (χ4v) is 2.24. The van der Waals surface area contributed by atoms with Crippen LogP contribution in [0.25, 0.3) is 0 Å². The van der Waals surface area contributed by atoms with Crippen molar-refractivity contribution in [2.75, 3.05) is 0 Å². The number of carbonyl (C=O) groups excluding carboxylic acids is 1. The van der Waals surface area contributed by atoms with E-state index in [0.717, 1.165) is 11.0 Å². The summed E-state index contributed by atoms with van der Waals surface area (Å²) in [5.41, 5.74) is 2.10. The molecule has 1 heterocycles. The van der Waals surface area contributed by atoms with Crippen LogP contribution in [0.3, 0.4) is 0 Å². The highest BCUT2D eigenvalue weighted by Crippen LogP contribution is 2.34. The SMILES string of the molecule is C=C1C=CC(B2NC(C)(C)C(C)(C)O2)=CC=C1NC(C)=O. The topological polar surface area (TPSA) is 50.4 Å². The van der Waals surface area contributed by atoms with Gasteiger partial charge >= 0.3 is 7.05 Å². The molecule has 0 unspecified atom stereocenters. The maximum atomic E-state index is 11.2. The van der Waals surface area contributed by atoms with Gasteiger partial charge in [-0.15, -0.1) is 0 Å². The maximum absolute atomic E-state index is 11.2. The molecule has 5 heteroatoms. The molecule has 1 amide bonds. The summed E-state index contributed by atoms with van der Waals surface area (Å²) in [5, 5.41) is 6.28. The molecule has 2 rings (SSSR count). The molecular formula is C16H23BN2O2. The first-order chi connectivity index (χ1) is 9.62. The van der Waals surface area contributed by atoms with E-state index in [1.54, 1.807) is 0 Å². The normalized spacial score (nSPS) is 23.5. The summed E-state index contributed by atoms with van der Waals surface area (Å²) in [6.07, 6.45) is 7.68. The van der Waals surface area contributed by atoms with Gasteiger partial charge in [0.2, 0.25) is 5.91 Å². The fraction of sp³-hybridized carbons (Fsp3) is 0.438. The van der Waals surface area contributed by atoms with E-state index in [1.807, 2.05) is 24.3 Å². The van der Waals surface area contributed by atoms with E-state index in [9.17, 15) is 4.79 Å². The fourth-order valence-electron chi connectivity index (χ4n) is 2.24. The second-order valence-corrected chi connectivity index (χ2v) is 6.56. The van der Waals surface area contributed by atoms with Gasteiger partial charge in [-0.2, -0.15) is 0 Å². The van der Waals surface area contributed by atoms with E-state index in [0.29, 0.717) is 5.70 Å². The minimum atomic E-state index is -0.264. The Kier molecular flexibility index (Phi) is 4.00. The summed E-state index contributed by atoms with van der Waals surface area (Å²) in [4.78, 5) is 11.2. The van der Waals surface area contributed by atoms with Gasteiger partial charge in [-0.1, -0.05) is 24.8 Å². The van der Waals surface area contributed by atoms with Crippen LogP contribution in [0.15, 0.2) is 47.6 Å². The molecule has 112 valence electrons. The highest BCUT2D eigenvalue weighted by Gasteiger charge is 2.50. The third kappa shape index (κ3) is 3.19. The van der Waals surface area contributed by atoms with Gasteiger partial charge in [0.15, 0.2) is 0 Å². The number of allylic oxidation sites excluding steroid dienone is 5. The van der Waals surface area contributed by atoms with E-state index in [4.69, 9.17) is 4.65 Å². The average Bonchev–Trinajstić information content (AvgIpc) is 2.47. The quantitative estimate of drug-likeness (QED) is 0.766. The van der Waals surface area contributed by atoms with Gasteiger partial charge in [-0.25, -0.2) is 0 Å². The largest absolute Gasteiger partial charge is 0.416 e. The molecule has 0 aromatic heterocycles. The zero-order valence-corrected chi connectivity index (χ0v) is 13.4. The number of hydrogen-bond acceptors (Lipinski definition) is 3. The summed E-state index contributed by atoms with van der Waals surface area (Å²) in [5.74, 6) is -0.106. The van der Waals surface area contributed by atoms with Gasteiger partial charge in [-0.3, -0.25) is 4.79 Å². The zero-order valence-electron chi connectivity index (χ0n) is 13.4. The molecule has 0 radical (unpaired) electrons. The van der Waals surface area contributed by atoms with Crippen molar-refractivity contribution in [3.05, 3.63) is 47.6 Å². The van der Waals surface area contributed by atoms with Crippen LogP contribution in [0.1, 0.15) is 34.6 Å². The highest BCUT2D eigenvalue weighted by molar-refractivity contribution is 6.59. The van der Waals surface area contributed by atoms with Crippen LogP contribution >= 0.6 is 0 Å². The lowest BCUT2D eigenvalue weighted by Crippen LogP contribution is -2.49.